The highest BCUT2D eigenvalue weighted by Gasteiger charge is 2.33. The van der Waals surface area contributed by atoms with Gasteiger partial charge in [-0.1, -0.05) is 30.5 Å². The van der Waals surface area contributed by atoms with Crippen LogP contribution in [0.15, 0.2) is 23.3 Å². The van der Waals surface area contributed by atoms with Crippen LogP contribution in [0.25, 0.3) is 0 Å². The highest BCUT2D eigenvalue weighted by atomic mass is 127. The van der Waals surface area contributed by atoms with Crippen LogP contribution in [0.2, 0.25) is 5.15 Å². The Labute approximate surface area is 173 Å². The first kappa shape index (κ1) is 22.4. The number of aliphatic imine (C=N–C) groups is 1. The summed E-state index contributed by atoms with van der Waals surface area (Å²) < 4.78 is 5.30. The fourth-order valence-corrected chi connectivity index (χ4v) is 3.44. The van der Waals surface area contributed by atoms with Crippen molar-refractivity contribution in [1.29, 1.82) is 0 Å². The highest BCUT2D eigenvalue weighted by molar-refractivity contribution is 14.0. The second-order valence-corrected chi connectivity index (χ2v) is 6.93. The predicted molar refractivity (Wildman–Crippen MR) is 115 cm³/mol. The Morgan fingerprint density at radius 2 is 2.08 bits per heavy atom. The van der Waals surface area contributed by atoms with E-state index >= 15 is 0 Å². The molecular weight excluding hydrogens is 451 g/mol. The minimum atomic E-state index is 0. The van der Waals surface area contributed by atoms with Gasteiger partial charge in [-0.3, -0.25) is 4.99 Å². The Morgan fingerprint density at radius 1 is 1.32 bits per heavy atom. The fraction of sp³-hybridized carbons (Fsp3) is 0.667. The largest absolute Gasteiger partial charge is 0.385 e. The Balaban J connectivity index is 0.00000312. The van der Waals surface area contributed by atoms with Crippen molar-refractivity contribution < 1.29 is 4.74 Å². The number of pyridine rings is 1. The Morgan fingerprint density at radius 3 is 2.68 bits per heavy atom. The molecule has 0 bridgehead atoms. The second-order valence-electron chi connectivity index (χ2n) is 6.54. The summed E-state index contributed by atoms with van der Waals surface area (Å²) in [6.07, 6.45) is 9.01. The lowest BCUT2D eigenvalue weighted by molar-refractivity contribution is 0.138. The van der Waals surface area contributed by atoms with Crippen molar-refractivity contribution in [1.82, 2.24) is 15.6 Å². The van der Waals surface area contributed by atoms with Crippen LogP contribution in [0.5, 0.6) is 0 Å². The topological polar surface area (TPSA) is 58.5 Å². The maximum Gasteiger partial charge on any atom is 0.191 e. The van der Waals surface area contributed by atoms with E-state index in [9.17, 15) is 0 Å². The van der Waals surface area contributed by atoms with Gasteiger partial charge in [-0.2, -0.15) is 0 Å². The molecule has 0 aliphatic heterocycles. The van der Waals surface area contributed by atoms with Crippen molar-refractivity contribution in [3.05, 3.63) is 29.0 Å². The van der Waals surface area contributed by atoms with Gasteiger partial charge in [0, 0.05) is 40.1 Å². The molecule has 1 aliphatic rings. The van der Waals surface area contributed by atoms with Crippen molar-refractivity contribution in [3.8, 4) is 0 Å². The monoisotopic (exact) mass is 480 g/mol. The third kappa shape index (κ3) is 7.66. The fourth-order valence-electron chi connectivity index (χ4n) is 3.33. The third-order valence-electron chi connectivity index (χ3n) is 4.85. The third-order valence-corrected chi connectivity index (χ3v) is 5.07. The molecule has 25 heavy (non-hydrogen) atoms. The van der Waals surface area contributed by atoms with Gasteiger partial charge in [-0.25, -0.2) is 4.98 Å². The Hall–Kier alpha value is -0.600. The van der Waals surface area contributed by atoms with Crippen LogP contribution >= 0.6 is 35.6 Å². The normalized spacial score (nSPS) is 16.4. The van der Waals surface area contributed by atoms with E-state index in [4.69, 9.17) is 16.3 Å². The van der Waals surface area contributed by atoms with Crippen LogP contribution in [0.3, 0.4) is 0 Å². The van der Waals surface area contributed by atoms with Gasteiger partial charge in [-0.15, -0.1) is 24.0 Å². The van der Waals surface area contributed by atoms with Gasteiger partial charge < -0.3 is 15.4 Å². The zero-order valence-corrected chi connectivity index (χ0v) is 18.3. The first-order valence-electron chi connectivity index (χ1n) is 8.71. The number of nitrogens with zero attached hydrogens (tertiary/aromatic N) is 2. The minimum Gasteiger partial charge on any atom is -0.385 e. The summed E-state index contributed by atoms with van der Waals surface area (Å²) in [7, 11) is 3.60. The average Bonchev–Trinajstić information content (AvgIpc) is 3.07. The van der Waals surface area contributed by atoms with Crippen molar-refractivity contribution in [2.24, 2.45) is 10.4 Å². The zero-order valence-electron chi connectivity index (χ0n) is 15.2. The van der Waals surface area contributed by atoms with E-state index in [-0.39, 0.29) is 24.0 Å². The molecule has 7 heteroatoms. The van der Waals surface area contributed by atoms with Crippen LogP contribution in [-0.2, 0) is 11.2 Å². The lowest BCUT2D eigenvalue weighted by atomic mass is 9.83. The van der Waals surface area contributed by atoms with Gasteiger partial charge >= 0.3 is 0 Å². The number of guanidine groups is 1. The maximum atomic E-state index is 5.81. The predicted octanol–water partition coefficient (Wildman–Crippen LogP) is 3.66. The molecule has 142 valence electrons. The first-order chi connectivity index (χ1) is 11.7. The van der Waals surface area contributed by atoms with E-state index in [1.807, 2.05) is 25.4 Å². The number of hydrogen-bond acceptors (Lipinski definition) is 3. The molecule has 0 atom stereocenters. The number of halogens is 2. The van der Waals surface area contributed by atoms with E-state index in [0.29, 0.717) is 10.6 Å². The summed E-state index contributed by atoms with van der Waals surface area (Å²) >= 11 is 5.81. The molecule has 0 aromatic carbocycles. The molecule has 1 aromatic rings. The molecule has 1 aromatic heterocycles. The van der Waals surface area contributed by atoms with E-state index in [1.54, 1.807) is 7.11 Å². The van der Waals surface area contributed by atoms with Crippen molar-refractivity contribution in [2.45, 2.75) is 38.5 Å². The summed E-state index contributed by atoms with van der Waals surface area (Å²) in [4.78, 5) is 8.44. The van der Waals surface area contributed by atoms with Crippen LogP contribution in [0, 0.1) is 5.41 Å². The SMILES string of the molecule is CN=C(NCCc1ccc(Cl)nc1)NCC1(CCOC)CCCC1.I. The summed E-state index contributed by atoms with van der Waals surface area (Å²) in [5, 5.41) is 7.41. The first-order valence-corrected chi connectivity index (χ1v) is 9.09. The Kier molecular flexibility index (Phi) is 10.7. The molecule has 0 saturated heterocycles. The number of rotatable bonds is 8. The van der Waals surface area contributed by atoms with Gasteiger partial charge in [-0.05, 0) is 42.7 Å². The molecule has 2 N–H and O–H groups in total. The summed E-state index contributed by atoms with van der Waals surface area (Å²) in [6.45, 7) is 2.60. The number of nitrogens with one attached hydrogen (secondary N) is 2. The maximum absolute atomic E-state index is 5.81. The lowest BCUT2D eigenvalue weighted by Crippen LogP contribution is -2.43. The van der Waals surface area contributed by atoms with Crippen molar-refractivity contribution in [3.63, 3.8) is 0 Å². The molecule has 0 amide bonds. The molecule has 1 aliphatic carbocycles. The number of aromatic nitrogens is 1. The molecule has 1 heterocycles. The summed E-state index contributed by atoms with van der Waals surface area (Å²) in [5.74, 6) is 0.862. The molecule has 0 spiro atoms. The molecule has 2 rings (SSSR count). The lowest BCUT2D eigenvalue weighted by Gasteiger charge is -2.30. The second kappa shape index (κ2) is 11.9. The molecule has 0 unspecified atom stereocenters. The van der Waals surface area contributed by atoms with Crippen LogP contribution in [-0.4, -0.2) is 44.8 Å². The van der Waals surface area contributed by atoms with Crippen LogP contribution in [0.1, 0.15) is 37.7 Å². The minimum absolute atomic E-state index is 0. The zero-order chi connectivity index (χ0) is 17.3. The van der Waals surface area contributed by atoms with Gasteiger partial charge in [0.2, 0.25) is 0 Å². The Bertz CT molecular complexity index is 518. The number of hydrogen-bond donors (Lipinski definition) is 2. The van der Waals surface area contributed by atoms with Crippen LogP contribution < -0.4 is 10.6 Å². The standard InChI is InChI=1S/C18H29ClN4O.HI/c1-20-17(21-11-7-15-5-6-16(19)22-13-15)23-14-18(10-12-24-2)8-3-4-9-18;/h5-6,13H,3-4,7-12,14H2,1-2H3,(H2,20,21,23);1H. The van der Waals surface area contributed by atoms with E-state index in [0.717, 1.165) is 44.1 Å². The molecule has 0 radical (unpaired) electrons. The van der Waals surface area contributed by atoms with Gasteiger partial charge in [0.05, 0.1) is 0 Å². The number of ether oxygens (including phenoxy) is 1. The van der Waals surface area contributed by atoms with Gasteiger partial charge in [0.1, 0.15) is 5.15 Å². The molecule has 1 fully saturated rings. The molecule has 5 nitrogen and oxygen atoms in total. The smallest absolute Gasteiger partial charge is 0.191 e. The quantitative estimate of drug-likeness (QED) is 0.258. The summed E-state index contributed by atoms with van der Waals surface area (Å²) in [5.41, 5.74) is 1.52. The van der Waals surface area contributed by atoms with Crippen LogP contribution in [0.4, 0.5) is 0 Å². The number of methoxy groups -OCH3 is 1. The van der Waals surface area contributed by atoms with Crippen molar-refractivity contribution >= 4 is 41.5 Å². The van der Waals surface area contributed by atoms with Gasteiger partial charge in [0.15, 0.2) is 5.96 Å². The van der Waals surface area contributed by atoms with Gasteiger partial charge in [0.25, 0.3) is 0 Å². The van der Waals surface area contributed by atoms with E-state index < -0.39 is 0 Å². The highest BCUT2D eigenvalue weighted by Crippen LogP contribution is 2.40. The molecular formula is C18H30ClIN4O. The molecule has 1 saturated carbocycles. The van der Waals surface area contributed by atoms with E-state index in [2.05, 4.69) is 20.6 Å². The average molecular weight is 481 g/mol. The van der Waals surface area contributed by atoms with E-state index in [1.165, 1.54) is 25.7 Å². The summed E-state index contributed by atoms with van der Waals surface area (Å²) in [6, 6.07) is 3.83. The van der Waals surface area contributed by atoms with Crippen molar-refractivity contribution in [2.75, 3.05) is 33.9 Å².